The first-order valence-electron chi connectivity index (χ1n) is 7.97. The number of aromatic nitrogens is 2. The maximum Gasteiger partial charge on any atom is 0.230 e. The van der Waals surface area contributed by atoms with Crippen LogP contribution >= 0.6 is 0 Å². The van der Waals surface area contributed by atoms with Crippen molar-refractivity contribution in [3.05, 3.63) is 77.6 Å². The Morgan fingerprint density at radius 1 is 1.16 bits per heavy atom. The zero-order chi connectivity index (χ0) is 17.6. The number of hydrogen-bond acceptors (Lipinski definition) is 4. The number of anilines is 1. The molecule has 5 heteroatoms. The largest absolute Gasteiger partial charge is 0.450 e. The third-order valence-electron chi connectivity index (χ3n) is 4.35. The summed E-state index contributed by atoms with van der Waals surface area (Å²) < 4.78 is 7.70. The third kappa shape index (κ3) is 2.50. The summed E-state index contributed by atoms with van der Waals surface area (Å²) in [6.07, 6.45) is 5.25. The molecule has 4 aromatic rings. The van der Waals surface area contributed by atoms with Gasteiger partial charge in [-0.3, -0.25) is 4.79 Å². The summed E-state index contributed by atoms with van der Waals surface area (Å²) in [6, 6.07) is 11.3. The van der Waals surface area contributed by atoms with Crippen LogP contribution in [0.5, 0.6) is 0 Å². The van der Waals surface area contributed by atoms with Gasteiger partial charge in [0.1, 0.15) is 5.58 Å². The van der Waals surface area contributed by atoms with Crippen LogP contribution in [0.4, 0.5) is 5.69 Å². The predicted octanol–water partition coefficient (Wildman–Crippen LogP) is 4.05. The SMILES string of the molecule is Cc1ccc(C(=O)c2oc3cc(-n4ccnc4)ccc3c2N)c(C)c1. The van der Waals surface area contributed by atoms with E-state index in [1.165, 1.54) is 0 Å². The summed E-state index contributed by atoms with van der Waals surface area (Å²) in [6.45, 7) is 3.91. The summed E-state index contributed by atoms with van der Waals surface area (Å²) in [5.74, 6) is -0.0138. The zero-order valence-electron chi connectivity index (χ0n) is 14.0. The van der Waals surface area contributed by atoms with Gasteiger partial charge in [-0.05, 0) is 31.5 Å². The van der Waals surface area contributed by atoms with E-state index in [0.29, 0.717) is 16.8 Å². The topological polar surface area (TPSA) is 74.0 Å². The number of furan rings is 1. The molecule has 0 fully saturated rings. The van der Waals surface area contributed by atoms with Crippen molar-refractivity contribution in [1.82, 2.24) is 9.55 Å². The van der Waals surface area contributed by atoms with E-state index < -0.39 is 0 Å². The van der Waals surface area contributed by atoms with E-state index in [1.807, 2.05) is 61.0 Å². The number of nitrogen functional groups attached to an aromatic ring is 1. The third-order valence-corrected chi connectivity index (χ3v) is 4.35. The summed E-state index contributed by atoms with van der Waals surface area (Å²) >= 11 is 0. The highest BCUT2D eigenvalue weighted by atomic mass is 16.3. The number of benzene rings is 2. The number of carbonyl (C=O) groups excluding carboxylic acids is 1. The van der Waals surface area contributed by atoms with Crippen molar-refractivity contribution in [2.75, 3.05) is 5.73 Å². The highest BCUT2D eigenvalue weighted by Crippen LogP contribution is 2.32. The highest BCUT2D eigenvalue weighted by molar-refractivity contribution is 6.15. The molecule has 0 bridgehead atoms. The van der Waals surface area contributed by atoms with Gasteiger partial charge in [0.25, 0.3) is 0 Å². The summed E-state index contributed by atoms with van der Waals surface area (Å²) in [4.78, 5) is 16.9. The molecule has 0 spiro atoms. The molecule has 2 aromatic carbocycles. The average Bonchev–Trinajstić information content (AvgIpc) is 3.22. The van der Waals surface area contributed by atoms with Gasteiger partial charge in [-0.25, -0.2) is 4.98 Å². The van der Waals surface area contributed by atoms with Crippen LogP contribution in [0.25, 0.3) is 16.7 Å². The number of aryl methyl sites for hydroxylation is 2. The Labute approximate surface area is 144 Å². The van der Waals surface area contributed by atoms with E-state index in [0.717, 1.165) is 22.2 Å². The Bertz CT molecular complexity index is 1090. The number of rotatable bonds is 3. The summed E-state index contributed by atoms with van der Waals surface area (Å²) in [5.41, 5.74) is 10.7. The van der Waals surface area contributed by atoms with Crippen LogP contribution in [-0.4, -0.2) is 15.3 Å². The van der Waals surface area contributed by atoms with Crippen molar-refractivity contribution in [2.24, 2.45) is 0 Å². The molecule has 25 heavy (non-hydrogen) atoms. The number of imidazole rings is 1. The van der Waals surface area contributed by atoms with E-state index in [-0.39, 0.29) is 11.5 Å². The molecule has 0 aliphatic rings. The second-order valence-corrected chi connectivity index (χ2v) is 6.14. The molecule has 2 aromatic heterocycles. The van der Waals surface area contributed by atoms with Crippen LogP contribution in [0.2, 0.25) is 0 Å². The Kier molecular flexibility index (Phi) is 3.42. The number of fused-ring (bicyclic) bond motifs is 1. The molecule has 4 rings (SSSR count). The lowest BCUT2D eigenvalue weighted by atomic mass is 10.0. The predicted molar refractivity (Wildman–Crippen MR) is 97.1 cm³/mol. The first kappa shape index (κ1) is 15.2. The molecule has 0 amide bonds. The highest BCUT2D eigenvalue weighted by Gasteiger charge is 2.21. The van der Waals surface area contributed by atoms with E-state index in [2.05, 4.69) is 4.98 Å². The number of nitrogens with zero attached hydrogens (tertiary/aromatic N) is 2. The fraction of sp³-hybridized carbons (Fsp3) is 0.100. The monoisotopic (exact) mass is 331 g/mol. The minimum absolute atomic E-state index is 0.185. The molecule has 5 nitrogen and oxygen atoms in total. The molecule has 0 saturated heterocycles. The lowest BCUT2D eigenvalue weighted by molar-refractivity contribution is 0.101. The fourth-order valence-electron chi connectivity index (χ4n) is 3.04. The summed E-state index contributed by atoms with van der Waals surface area (Å²) in [7, 11) is 0. The Morgan fingerprint density at radius 2 is 2.00 bits per heavy atom. The van der Waals surface area contributed by atoms with Gasteiger partial charge in [0.15, 0.2) is 5.76 Å². The minimum Gasteiger partial charge on any atom is -0.450 e. The second-order valence-electron chi connectivity index (χ2n) is 6.14. The van der Waals surface area contributed by atoms with Crippen LogP contribution in [0.3, 0.4) is 0 Å². The van der Waals surface area contributed by atoms with Crippen LogP contribution in [-0.2, 0) is 0 Å². The maximum absolute atomic E-state index is 12.9. The van der Waals surface area contributed by atoms with Gasteiger partial charge in [-0.2, -0.15) is 0 Å². The average molecular weight is 331 g/mol. The number of hydrogen-bond donors (Lipinski definition) is 1. The standard InChI is InChI=1S/C20H17N3O2/c1-12-3-5-15(13(2)9-12)19(24)20-18(21)16-6-4-14(10-17(16)25-20)23-8-7-22-11-23/h3-11H,21H2,1-2H3. The summed E-state index contributed by atoms with van der Waals surface area (Å²) in [5, 5.41) is 0.733. The van der Waals surface area contributed by atoms with Gasteiger partial charge in [0.2, 0.25) is 5.78 Å². The molecule has 2 heterocycles. The Balaban J connectivity index is 1.82. The molecule has 0 atom stereocenters. The van der Waals surface area contributed by atoms with Crippen LogP contribution in [0.15, 0.2) is 59.5 Å². The molecule has 0 aliphatic carbocycles. The molecular weight excluding hydrogens is 314 g/mol. The fourth-order valence-corrected chi connectivity index (χ4v) is 3.04. The van der Waals surface area contributed by atoms with E-state index >= 15 is 0 Å². The van der Waals surface area contributed by atoms with E-state index in [4.69, 9.17) is 10.2 Å². The first-order valence-corrected chi connectivity index (χ1v) is 7.97. The smallest absolute Gasteiger partial charge is 0.230 e. The van der Waals surface area contributed by atoms with Crippen molar-refractivity contribution in [3.63, 3.8) is 0 Å². The minimum atomic E-state index is -0.199. The van der Waals surface area contributed by atoms with Gasteiger partial charge < -0.3 is 14.7 Å². The van der Waals surface area contributed by atoms with Crippen molar-refractivity contribution < 1.29 is 9.21 Å². The van der Waals surface area contributed by atoms with Crippen LogP contribution in [0, 0.1) is 13.8 Å². The maximum atomic E-state index is 12.9. The van der Waals surface area contributed by atoms with Gasteiger partial charge in [0.05, 0.1) is 17.7 Å². The van der Waals surface area contributed by atoms with E-state index in [9.17, 15) is 4.79 Å². The van der Waals surface area contributed by atoms with Crippen LogP contribution in [0.1, 0.15) is 27.2 Å². The Hall–Kier alpha value is -3.34. The Morgan fingerprint density at radius 3 is 2.72 bits per heavy atom. The lowest BCUT2D eigenvalue weighted by Gasteiger charge is -2.04. The van der Waals surface area contributed by atoms with Gasteiger partial charge >= 0.3 is 0 Å². The molecule has 124 valence electrons. The van der Waals surface area contributed by atoms with Crippen molar-refractivity contribution >= 4 is 22.4 Å². The number of carbonyl (C=O) groups is 1. The van der Waals surface area contributed by atoms with Crippen molar-refractivity contribution in [2.45, 2.75) is 13.8 Å². The molecule has 0 radical (unpaired) electrons. The quantitative estimate of drug-likeness (QED) is 0.575. The molecular formula is C20H17N3O2. The molecule has 0 saturated carbocycles. The molecule has 2 N–H and O–H groups in total. The second kappa shape index (κ2) is 5.63. The van der Waals surface area contributed by atoms with Crippen LogP contribution < -0.4 is 5.73 Å². The van der Waals surface area contributed by atoms with Gasteiger partial charge in [0, 0.05) is 29.4 Å². The van der Waals surface area contributed by atoms with Gasteiger partial charge in [-0.1, -0.05) is 23.8 Å². The van der Waals surface area contributed by atoms with E-state index in [1.54, 1.807) is 12.5 Å². The zero-order valence-corrected chi connectivity index (χ0v) is 14.0. The van der Waals surface area contributed by atoms with Crippen molar-refractivity contribution in [1.29, 1.82) is 0 Å². The first-order chi connectivity index (χ1) is 12.0. The van der Waals surface area contributed by atoms with Gasteiger partial charge in [-0.15, -0.1) is 0 Å². The number of nitrogens with two attached hydrogens (primary N) is 1. The van der Waals surface area contributed by atoms with Crippen molar-refractivity contribution in [3.8, 4) is 5.69 Å². The lowest BCUT2D eigenvalue weighted by Crippen LogP contribution is -2.05. The normalized spacial score (nSPS) is 11.1. The molecule has 0 aliphatic heterocycles. The molecule has 0 unspecified atom stereocenters. The number of ketones is 1.